The van der Waals surface area contributed by atoms with Gasteiger partial charge < -0.3 is 0 Å². The lowest BCUT2D eigenvalue weighted by molar-refractivity contribution is 0.956. The molecule has 0 aliphatic rings. The largest absolute Gasteiger partial charge is 0.277 e. The fraction of sp³-hybridized carbons (Fsp3) is 0. The van der Waals surface area contributed by atoms with E-state index in [9.17, 15) is 0 Å². The molecule has 0 saturated carbocycles. The minimum absolute atomic E-state index is 0.598. The first kappa shape index (κ1) is 31.2. The lowest BCUT2D eigenvalue weighted by Gasteiger charge is -2.12. The minimum atomic E-state index is 0.598. The lowest BCUT2D eigenvalue weighted by atomic mass is 9.97. The number of benzene rings is 9. The first-order chi connectivity index (χ1) is 28.2. The molecular weight excluding hydrogens is 733 g/mol. The van der Waals surface area contributed by atoms with Crippen LogP contribution in [-0.4, -0.2) is 19.5 Å². The fourth-order valence-corrected chi connectivity index (χ4v) is 11.4. The lowest BCUT2D eigenvalue weighted by Crippen LogP contribution is -2.06. The van der Waals surface area contributed by atoms with E-state index in [4.69, 9.17) is 15.0 Å². The molecule has 0 saturated heterocycles. The van der Waals surface area contributed by atoms with Gasteiger partial charge in [0.2, 0.25) is 5.95 Å². The highest BCUT2D eigenvalue weighted by atomic mass is 32.1. The highest BCUT2D eigenvalue weighted by Crippen LogP contribution is 2.43. The second-order valence-electron chi connectivity index (χ2n) is 14.7. The Balaban J connectivity index is 1.16. The van der Waals surface area contributed by atoms with Crippen LogP contribution < -0.4 is 0 Å². The molecule has 57 heavy (non-hydrogen) atoms. The molecule has 0 spiro atoms. The molecule has 0 aliphatic heterocycles. The van der Waals surface area contributed by atoms with Gasteiger partial charge in [-0.2, -0.15) is 9.97 Å². The van der Waals surface area contributed by atoms with Crippen LogP contribution in [0.4, 0.5) is 0 Å². The van der Waals surface area contributed by atoms with E-state index in [0.29, 0.717) is 17.6 Å². The Morgan fingerprint density at radius 2 is 1.00 bits per heavy atom. The van der Waals surface area contributed by atoms with Crippen molar-refractivity contribution in [1.82, 2.24) is 19.5 Å². The van der Waals surface area contributed by atoms with Crippen LogP contribution in [0.1, 0.15) is 0 Å². The fourth-order valence-electron chi connectivity index (χ4n) is 9.07. The molecular formula is C51H28N4S2. The number of fused-ring (bicyclic) bond motifs is 15. The van der Waals surface area contributed by atoms with Crippen molar-refractivity contribution in [1.29, 1.82) is 0 Å². The number of hydrogen-bond donors (Lipinski definition) is 0. The van der Waals surface area contributed by atoms with E-state index >= 15 is 0 Å². The SMILES string of the molecule is c1ccc2c(c1)ccc1c2ccc2c1c1ccc3ccccc3c1n2-c1nc(-c2ccc3c(c2)sc2ccccc23)nc(-c2cccc3c2sc2ccccc23)n1. The number of nitrogens with zero attached hydrogens (tertiary/aromatic N) is 4. The summed E-state index contributed by atoms with van der Waals surface area (Å²) >= 11 is 3.61. The van der Waals surface area contributed by atoms with Crippen LogP contribution in [0.5, 0.6) is 0 Å². The predicted octanol–water partition coefficient (Wildman–Crippen LogP) is 14.5. The number of aromatic nitrogens is 4. The van der Waals surface area contributed by atoms with Gasteiger partial charge in [0.1, 0.15) is 0 Å². The van der Waals surface area contributed by atoms with Crippen LogP contribution in [0.15, 0.2) is 170 Å². The summed E-state index contributed by atoms with van der Waals surface area (Å²) in [4.78, 5) is 16.3. The summed E-state index contributed by atoms with van der Waals surface area (Å²) in [7, 11) is 0. The zero-order chi connectivity index (χ0) is 37.2. The van der Waals surface area contributed by atoms with Crippen molar-refractivity contribution < 1.29 is 0 Å². The van der Waals surface area contributed by atoms with E-state index in [2.05, 4.69) is 174 Å². The summed E-state index contributed by atoms with van der Waals surface area (Å²) in [6, 6.07) is 61.3. The van der Waals surface area contributed by atoms with Gasteiger partial charge in [0.25, 0.3) is 0 Å². The van der Waals surface area contributed by atoms with Crippen molar-refractivity contribution in [2.45, 2.75) is 0 Å². The molecule has 13 rings (SSSR count). The number of hydrogen-bond acceptors (Lipinski definition) is 5. The van der Waals surface area contributed by atoms with E-state index in [1.165, 1.54) is 78.0 Å². The van der Waals surface area contributed by atoms with Gasteiger partial charge in [-0.05, 0) is 57.3 Å². The van der Waals surface area contributed by atoms with Gasteiger partial charge in [0.15, 0.2) is 11.6 Å². The molecule has 0 radical (unpaired) electrons. The zero-order valence-electron chi connectivity index (χ0n) is 30.3. The van der Waals surface area contributed by atoms with E-state index < -0.39 is 0 Å². The molecule has 9 aromatic carbocycles. The van der Waals surface area contributed by atoms with Gasteiger partial charge in [-0.3, -0.25) is 4.57 Å². The Morgan fingerprint density at radius 1 is 0.386 bits per heavy atom. The van der Waals surface area contributed by atoms with Crippen molar-refractivity contribution in [3.63, 3.8) is 0 Å². The molecule has 4 heterocycles. The molecule has 0 fully saturated rings. The maximum Gasteiger partial charge on any atom is 0.238 e. The van der Waals surface area contributed by atoms with Crippen LogP contribution in [-0.2, 0) is 0 Å². The summed E-state index contributed by atoms with van der Waals surface area (Å²) in [6.07, 6.45) is 0. The van der Waals surface area contributed by atoms with Gasteiger partial charge in [-0.25, -0.2) is 4.98 Å². The zero-order valence-corrected chi connectivity index (χ0v) is 31.9. The molecule has 0 amide bonds. The number of rotatable bonds is 3. The summed E-state index contributed by atoms with van der Waals surface area (Å²) in [5.41, 5.74) is 4.12. The normalized spacial score (nSPS) is 12.2. The van der Waals surface area contributed by atoms with Crippen molar-refractivity contribution in [3.8, 4) is 28.7 Å². The molecule has 6 heteroatoms. The molecule has 4 nitrogen and oxygen atoms in total. The second kappa shape index (κ2) is 11.8. The molecule has 0 atom stereocenters. The van der Waals surface area contributed by atoms with Crippen molar-refractivity contribution >= 4 is 117 Å². The van der Waals surface area contributed by atoms with E-state index in [1.54, 1.807) is 11.3 Å². The maximum atomic E-state index is 5.48. The maximum absolute atomic E-state index is 5.48. The summed E-state index contributed by atoms with van der Waals surface area (Å²) in [5.74, 6) is 1.90. The predicted molar refractivity (Wildman–Crippen MR) is 243 cm³/mol. The first-order valence-corrected chi connectivity index (χ1v) is 20.7. The highest BCUT2D eigenvalue weighted by Gasteiger charge is 2.23. The molecule has 0 bridgehead atoms. The second-order valence-corrected chi connectivity index (χ2v) is 16.9. The van der Waals surface area contributed by atoms with Gasteiger partial charge in [-0.1, -0.05) is 140 Å². The van der Waals surface area contributed by atoms with Crippen LogP contribution in [0.2, 0.25) is 0 Å². The topological polar surface area (TPSA) is 43.6 Å². The Morgan fingerprint density at radius 3 is 1.84 bits per heavy atom. The molecule has 0 N–H and O–H groups in total. The Bertz CT molecular complexity index is 3830. The van der Waals surface area contributed by atoms with Crippen LogP contribution >= 0.6 is 22.7 Å². The highest BCUT2D eigenvalue weighted by molar-refractivity contribution is 7.26. The average molecular weight is 761 g/mol. The average Bonchev–Trinajstić information content (AvgIpc) is 3.95. The number of thiophene rings is 2. The molecule has 0 aliphatic carbocycles. The van der Waals surface area contributed by atoms with Crippen LogP contribution in [0.25, 0.3) is 123 Å². The standard InChI is InChI=1S/C51H28N4S2/c1-3-12-32-29(10-1)20-24-38-34(32)26-27-42-46(38)40-25-21-30-11-2-4-13-33(30)47(40)55(42)51-53-49(31-22-23-37-35-14-5-7-18-43(35)56-45(37)28-31)52-50(54-51)41-17-9-16-39-36-15-6-8-19-44(36)57-48(39)41/h1-28H. The van der Waals surface area contributed by atoms with Crippen molar-refractivity contribution in [2.24, 2.45) is 0 Å². The third kappa shape index (κ3) is 4.51. The molecule has 13 aromatic rings. The monoisotopic (exact) mass is 760 g/mol. The minimum Gasteiger partial charge on any atom is -0.277 e. The summed E-state index contributed by atoms with van der Waals surface area (Å²) in [5, 5.41) is 14.6. The smallest absolute Gasteiger partial charge is 0.238 e. The Labute approximate surface area is 333 Å². The summed E-state index contributed by atoms with van der Waals surface area (Å²) < 4.78 is 7.20. The van der Waals surface area contributed by atoms with E-state index in [0.717, 1.165) is 27.5 Å². The molecule has 0 unspecified atom stereocenters. The van der Waals surface area contributed by atoms with Gasteiger partial charge in [0, 0.05) is 67.6 Å². The van der Waals surface area contributed by atoms with E-state index in [-0.39, 0.29) is 0 Å². The van der Waals surface area contributed by atoms with E-state index in [1.807, 2.05) is 11.3 Å². The Hall–Kier alpha value is -6.99. The van der Waals surface area contributed by atoms with Gasteiger partial charge in [0.05, 0.1) is 11.0 Å². The van der Waals surface area contributed by atoms with Crippen molar-refractivity contribution in [3.05, 3.63) is 170 Å². The Kier molecular flexibility index (Phi) is 6.45. The van der Waals surface area contributed by atoms with Crippen molar-refractivity contribution in [2.75, 3.05) is 0 Å². The van der Waals surface area contributed by atoms with Gasteiger partial charge in [-0.15, -0.1) is 22.7 Å². The van der Waals surface area contributed by atoms with Crippen LogP contribution in [0.3, 0.4) is 0 Å². The van der Waals surface area contributed by atoms with Gasteiger partial charge >= 0.3 is 0 Å². The third-order valence-electron chi connectivity index (χ3n) is 11.6. The quantitative estimate of drug-likeness (QED) is 0.168. The summed E-state index contributed by atoms with van der Waals surface area (Å²) in [6.45, 7) is 0. The van der Waals surface area contributed by atoms with Crippen LogP contribution in [0, 0.1) is 0 Å². The molecule has 264 valence electrons. The first-order valence-electron chi connectivity index (χ1n) is 19.1. The third-order valence-corrected chi connectivity index (χ3v) is 14.0. The molecule has 4 aromatic heterocycles.